The summed E-state index contributed by atoms with van der Waals surface area (Å²) in [7, 11) is 0. The Balaban J connectivity index is 2.88. The van der Waals surface area contributed by atoms with Gasteiger partial charge >= 0.3 is 0 Å². The van der Waals surface area contributed by atoms with Crippen LogP contribution in [-0.4, -0.2) is 39.5 Å². The van der Waals surface area contributed by atoms with Crippen molar-refractivity contribution in [2.75, 3.05) is 39.5 Å². The Morgan fingerprint density at radius 1 is 0.938 bits per heavy atom. The van der Waals surface area contributed by atoms with Crippen LogP contribution in [0.2, 0.25) is 0 Å². The molecule has 1 N–H and O–H groups in total. The minimum Gasteiger partial charge on any atom is -0.379 e. The number of nitrogens with one attached hydrogen (secondary N) is 1. The Bertz CT molecular complexity index is 129. The van der Waals surface area contributed by atoms with E-state index < -0.39 is 0 Å². The smallest absolute Gasteiger partial charge is 0.0701 e. The molecule has 0 aromatic rings. The molecule has 3 nitrogen and oxygen atoms in total. The normalized spacial score (nSPS) is 11.2. The van der Waals surface area contributed by atoms with Gasteiger partial charge in [-0.1, -0.05) is 33.6 Å². The molecule has 0 radical (unpaired) electrons. The van der Waals surface area contributed by atoms with Crippen molar-refractivity contribution < 1.29 is 9.47 Å². The van der Waals surface area contributed by atoms with Crippen LogP contribution in [0.5, 0.6) is 0 Å². The zero-order valence-electron chi connectivity index (χ0n) is 11.3. The van der Waals surface area contributed by atoms with Crippen LogP contribution in [0.25, 0.3) is 0 Å². The van der Waals surface area contributed by atoms with Crippen LogP contribution in [0, 0.1) is 5.92 Å². The Labute approximate surface area is 101 Å². The Hall–Kier alpha value is -0.120. The predicted octanol–water partition coefficient (Wildman–Crippen LogP) is 2.46. The van der Waals surface area contributed by atoms with Gasteiger partial charge in [0, 0.05) is 13.2 Å². The van der Waals surface area contributed by atoms with Gasteiger partial charge in [-0.15, -0.1) is 0 Å². The molecule has 3 heteroatoms. The van der Waals surface area contributed by atoms with Crippen molar-refractivity contribution in [1.29, 1.82) is 0 Å². The van der Waals surface area contributed by atoms with Gasteiger partial charge in [0.25, 0.3) is 0 Å². The number of rotatable bonds is 12. The second-order valence-electron chi connectivity index (χ2n) is 4.54. The monoisotopic (exact) mass is 231 g/mol. The van der Waals surface area contributed by atoms with E-state index in [4.69, 9.17) is 9.47 Å². The molecule has 0 atom stereocenters. The minimum atomic E-state index is 0.611. The highest BCUT2D eigenvalue weighted by Crippen LogP contribution is 1.92. The fourth-order valence-electron chi connectivity index (χ4n) is 1.31. The van der Waals surface area contributed by atoms with E-state index in [1.807, 2.05) is 0 Å². The molecule has 0 rings (SSSR count). The van der Waals surface area contributed by atoms with Crippen molar-refractivity contribution in [3.05, 3.63) is 0 Å². The standard InChI is InChI=1S/C13H29NO2/c1-4-5-6-7-14-8-9-15-10-11-16-12-13(2)3/h13-14H,4-12H2,1-3H3. The summed E-state index contributed by atoms with van der Waals surface area (Å²) in [6.45, 7) is 11.6. The highest BCUT2D eigenvalue weighted by atomic mass is 16.5. The molecule has 0 spiro atoms. The van der Waals surface area contributed by atoms with Crippen LogP contribution < -0.4 is 5.32 Å². The first-order chi connectivity index (χ1) is 7.77. The number of hydrogen-bond acceptors (Lipinski definition) is 3. The zero-order chi connectivity index (χ0) is 12.1. The minimum absolute atomic E-state index is 0.611. The average molecular weight is 231 g/mol. The molecule has 0 aliphatic rings. The lowest BCUT2D eigenvalue weighted by atomic mass is 10.2. The first kappa shape index (κ1) is 15.9. The van der Waals surface area contributed by atoms with Gasteiger partial charge in [0.2, 0.25) is 0 Å². The third kappa shape index (κ3) is 13.9. The molecule has 0 unspecified atom stereocenters. The van der Waals surface area contributed by atoms with Gasteiger partial charge < -0.3 is 14.8 Å². The summed E-state index contributed by atoms with van der Waals surface area (Å²) < 4.78 is 10.8. The Kier molecular flexibility index (Phi) is 12.9. The van der Waals surface area contributed by atoms with Gasteiger partial charge in [-0.25, -0.2) is 0 Å². The van der Waals surface area contributed by atoms with Gasteiger partial charge in [0.05, 0.1) is 19.8 Å². The highest BCUT2D eigenvalue weighted by Gasteiger charge is 1.93. The third-order valence-corrected chi connectivity index (χ3v) is 2.20. The summed E-state index contributed by atoms with van der Waals surface area (Å²) in [6, 6.07) is 0. The second kappa shape index (κ2) is 12.9. The molecule has 16 heavy (non-hydrogen) atoms. The highest BCUT2D eigenvalue weighted by molar-refractivity contribution is 4.47. The van der Waals surface area contributed by atoms with Crippen molar-refractivity contribution in [3.8, 4) is 0 Å². The molecule has 0 saturated heterocycles. The summed E-state index contributed by atoms with van der Waals surface area (Å²) in [5.74, 6) is 0.611. The van der Waals surface area contributed by atoms with E-state index in [0.717, 1.165) is 26.3 Å². The van der Waals surface area contributed by atoms with E-state index in [-0.39, 0.29) is 0 Å². The quantitative estimate of drug-likeness (QED) is 0.523. The SMILES string of the molecule is CCCCCNCCOCCOCC(C)C. The molecule has 0 aliphatic heterocycles. The molecule has 0 aromatic heterocycles. The first-order valence-corrected chi connectivity index (χ1v) is 6.63. The molecule has 0 saturated carbocycles. The van der Waals surface area contributed by atoms with Gasteiger partial charge in [0.15, 0.2) is 0 Å². The van der Waals surface area contributed by atoms with E-state index >= 15 is 0 Å². The van der Waals surface area contributed by atoms with Gasteiger partial charge in [-0.05, 0) is 18.9 Å². The van der Waals surface area contributed by atoms with E-state index in [9.17, 15) is 0 Å². The molecular weight excluding hydrogens is 202 g/mol. The van der Waals surface area contributed by atoms with E-state index in [1.54, 1.807) is 0 Å². The maximum absolute atomic E-state index is 5.43. The van der Waals surface area contributed by atoms with Crippen LogP contribution in [0.15, 0.2) is 0 Å². The fraction of sp³-hybridized carbons (Fsp3) is 1.00. The van der Waals surface area contributed by atoms with E-state index in [1.165, 1.54) is 19.3 Å². The lowest BCUT2D eigenvalue weighted by Crippen LogP contribution is -2.21. The molecule has 98 valence electrons. The molecule has 0 fully saturated rings. The van der Waals surface area contributed by atoms with E-state index in [0.29, 0.717) is 19.1 Å². The Morgan fingerprint density at radius 2 is 1.69 bits per heavy atom. The van der Waals surface area contributed by atoms with Crippen molar-refractivity contribution in [3.63, 3.8) is 0 Å². The molecule has 0 bridgehead atoms. The lowest BCUT2D eigenvalue weighted by molar-refractivity contribution is 0.0388. The summed E-state index contributed by atoms with van der Waals surface area (Å²) in [5, 5.41) is 3.36. The zero-order valence-corrected chi connectivity index (χ0v) is 11.3. The third-order valence-electron chi connectivity index (χ3n) is 2.20. The van der Waals surface area contributed by atoms with Crippen LogP contribution in [-0.2, 0) is 9.47 Å². The molecule has 0 aliphatic carbocycles. The topological polar surface area (TPSA) is 30.5 Å². The number of unbranched alkanes of at least 4 members (excludes halogenated alkanes) is 2. The number of hydrogen-bond donors (Lipinski definition) is 1. The van der Waals surface area contributed by atoms with Crippen molar-refractivity contribution in [2.45, 2.75) is 40.0 Å². The van der Waals surface area contributed by atoms with Gasteiger partial charge in [-0.3, -0.25) is 0 Å². The summed E-state index contributed by atoms with van der Waals surface area (Å²) in [5.41, 5.74) is 0. The molecule has 0 aromatic carbocycles. The predicted molar refractivity (Wildman–Crippen MR) is 68.9 cm³/mol. The van der Waals surface area contributed by atoms with Gasteiger partial charge in [0.1, 0.15) is 0 Å². The molecular formula is C13H29NO2. The van der Waals surface area contributed by atoms with Crippen LogP contribution in [0.3, 0.4) is 0 Å². The average Bonchev–Trinajstić information content (AvgIpc) is 2.25. The fourth-order valence-corrected chi connectivity index (χ4v) is 1.31. The van der Waals surface area contributed by atoms with Crippen LogP contribution >= 0.6 is 0 Å². The number of ether oxygens (including phenoxy) is 2. The van der Waals surface area contributed by atoms with Crippen LogP contribution in [0.1, 0.15) is 40.0 Å². The second-order valence-corrected chi connectivity index (χ2v) is 4.54. The van der Waals surface area contributed by atoms with E-state index in [2.05, 4.69) is 26.1 Å². The Morgan fingerprint density at radius 3 is 2.38 bits per heavy atom. The van der Waals surface area contributed by atoms with Crippen LogP contribution in [0.4, 0.5) is 0 Å². The lowest BCUT2D eigenvalue weighted by Gasteiger charge is -2.08. The molecule has 0 heterocycles. The summed E-state index contributed by atoms with van der Waals surface area (Å²) in [4.78, 5) is 0. The first-order valence-electron chi connectivity index (χ1n) is 6.63. The maximum Gasteiger partial charge on any atom is 0.0701 e. The largest absolute Gasteiger partial charge is 0.379 e. The molecule has 0 amide bonds. The van der Waals surface area contributed by atoms with Crippen molar-refractivity contribution in [1.82, 2.24) is 5.32 Å². The maximum atomic E-state index is 5.43. The summed E-state index contributed by atoms with van der Waals surface area (Å²) in [6.07, 6.45) is 3.87. The van der Waals surface area contributed by atoms with Gasteiger partial charge in [-0.2, -0.15) is 0 Å². The van der Waals surface area contributed by atoms with Crippen molar-refractivity contribution >= 4 is 0 Å². The van der Waals surface area contributed by atoms with Crippen molar-refractivity contribution in [2.24, 2.45) is 5.92 Å². The summed E-state index contributed by atoms with van der Waals surface area (Å²) >= 11 is 0.